The lowest BCUT2D eigenvalue weighted by Gasteiger charge is -2.24. The van der Waals surface area contributed by atoms with Gasteiger partial charge in [0.2, 0.25) is 0 Å². The molecular formula is C12H23ClN2O5S2. The van der Waals surface area contributed by atoms with Gasteiger partial charge in [0.05, 0.1) is 13.2 Å². The van der Waals surface area contributed by atoms with Crippen LogP contribution in [0.2, 0.25) is 0 Å². The first-order valence-electron chi connectivity index (χ1n) is 6.51. The molecule has 0 atom stereocenters. The molecule has 1 rings (SSSR count). The highest BCUT2D eigenvalue weighted by Gasteiger charge is 2.23. The van der Waals surface area contributed by atoms with E-state index in [9.17, 15) is 13.9 Å². The molecule has 0 aliphatic carbocycles. The van der Waals surface area contributed by atoms with E-state index in [0.717, 1.165) is 5.75 Å². The molecule has 0 unspecified atom stereocenters. The molecule has 22 heavy (non-hydrogen) atoms. The normalized spacial score (nSPS) is 14.0. The second-order valence-corrected chi connectivity index (χ2v) is 12.7. The first kappa shape index (κ1) is 19.6. The molecule has 0 fully saturated rings. The minimum absolute atomic E-state index is 0.01000. The van der Waals surface area contributed by atoms with Gasteiger partial charge < -0.3 is 9.47 Å². The molecule has 1 heterocycles. The fraction of sp³-hybridized carbons (Fsp3) is 0.667. The van der Waals surface area contributed by atoms with E-state index in [-0.39, 0.29) is 24.1 Å². The number of rotatable bonds is 8. The van der Waals surface area contributed by atoms with Gasteiger partial charge in [-0.05, 0) is 25.7 Å². The molecule has 0 aromatic carbocycles. The van der Waals surface area contributed by atoms with Crippen molar-refractivity contribution in [2.45, 2.75) is 18.7 Å². The zero-order valence-corrected chi connectivity index (χ0v) is 15.5. The SMILES string of the molecule is CCOC(=O)c1cc(S(O)(O)Cl)nn1COCCS(C)(C)C. The molecule has 0 aliphatic heterocycles. The van der Waals surface area contributed by atoms with Crippen molar-refractivity contribution in [2.75, 3.05) is 37.7 Å². The molecule has 7 nitrogen and oxygen atoms in total. The van der Waals surface area contributed by atoms with Gasteiger partial charge in [-0.1, -0.05) is 9.80 Å². The highest BCUT2D eigenvalue weighted by Crippen LogP contribution is 2.52. The Bertz CT molecular complexity index is 511. The molecule has 0 spiro atoms. The fourth-order valence-electron chi connectivity index (χ4n) is 1.45. The smallest absolute Gasteiger partial charge is 0.356 e. The van der Waals surface area contributed by atoms with Crippen LogP contribution in [0.4, 0.5) is 0 Å². The van der Waals surface area contributed by atoms with Crippen molar-refractivity contribution < 1.29 is 23.4 Å². The van der Waals surface area contributed by atoms with Gasteiger partial charge in [0.25, 0.3) is 0 Å². The maximum absolute atomic E-state index is 11.9. The summed E-state index contributed by atoms with van der Waals surface area (Å²) in [5, 5.41) is 3.74. The zero-order chi connectivity index (χ0) is 17.0. The minimum atomic E-state index is -3.53. The van der Waals surface area contributed by atoms with Gasteiger partial charge in [0.1, 0.15) is 6.73 Å². The van der Waals surface area contributed by atoms with Crippen LogP contribution in [0.25, 0.3) is 0 Å². The van der Waals surface area contributed by atoms with Crippen LogP contribution in [0.15, 0.2) is 11.1 Å². The van der Waals surface area contributed by atoms with Crippen LogP contribution in [-0.2, 0) is 16.2 Å². The highest BCUT2D eigenvalue weighted by molar-refractivity contribution is 8.43. The summed E-state index contributed by atoms with van der Waals surface area (Å²) in [7, 11) is 1.28. The maximum Gasteiger partial charge on any atom is 0.356 e. The molecule has 130 valence electrons. The molecular weight excluding hydrogens is 352 g/mol. The standard InChI is InChI=1S/C12H23ClN2O5S2/c1-5-20-12(16)10-8-11(22(13,17)18)14-15(10)9-19-6-7-21(2,3)4/h8,17-18H,5-7,9H2,1-4H3. The molecule has 0 amide bonds. The Morgan fingerprint density at radius 1 is 1.41 bits per heavy atom. The van der Waals surface area contributed by atoms with Crippen LogP contribution in [-0.4, -0.2) is 62.6 Å². The van der Waals surface area contributed by atoms with Crippen molar-refractivity contribution in [1.82, 2.24) is 9.78 Å². The van der Waals surface area contributed by atoms with E-state index in [1.165, 1.54) is 10.7 Å². The fourth-order valence-corrected chi connectivity index (χ4v) is 2.76. The van der Waals surface area contributed by atoms with Gasteiger partial charge in [-0.25, -0.2) is 19.5 Å². The summed E-state index contributed by atoms with van der Waals surface area (Å²) >= 11 is 0. The van der Waals surface area contributed by atoms with Gasteiger partial charge in [0.15, 0.2) is 10.7 Å². The van der Waals surface area contributed by atoms with Gasteiger partial charge in [-0.2, -0.15) is 5.10 Å². The average Bonchev–Trinajstić information content (AvgIpc) is 2.78. The van der Waals surface area contributed by atoms with Crippen molar-refractivity contribution in [3.63, 3.8) is 0 Å². The maximum atomic E-state index is 11.9. The Morgan fingerprint density at radius 3 is 2.55 bits per heavy atom. The van der Waals surface area contributed by atoms with Gasteiger partial charge in [0, 0.05) is 22.5 Å². The first-order chi connectivity index (χ1) is 10.0. The summed E-state index contributed by atoms with van der Waals surface area (Å²) in [5.74, 6) is 0.298. The third kappa shape index (κ3) is 6.35. The van der Waals surface area contributed by atoms with Crippen LogP contribution >= 0.6 is 30.5 Å². The number of aromatic nitrogens is 2. The Kier molecular flexibility index (Phi) is 7.03. The molecule has 1 aromatic rings. The van der Waals surface area contributed by atoms with Crippen molar-refractivity contribution in [2.24, 2.45) is 0 Å². The number of hydrogen-bond acceptors (Lipinski definition) is 6. The summed E-state index contributed by atoms with van der Waals surface area (Å²) in [4.78, 5) is 11.9. The van der Waals surface area contributed by atoms with Crippen molar-refractivity contribution in [3.05, 3.63) is 11.8 Å². The van der Waals surface area contributed by atoms with E-state index >= 15 is 0 Å². The molecule has 10 heteroatoms. The molecule has 0 bridgehead atoms. The highest BCUT2D eigenvalue weighted by atomic mass is 35.7. The molecule has 1 aromatic heterocycles. The summed E-state index contributed by atoms with van der Waals surface area (Å²) < 4.78 is 30.5. The lowest BCUT2D eigenvalue weighted by molar-refractivity contribution is 0.0457. The van der Waals surface area contributed by atoms with E-state index in [2.05, 4.69) is 23.9 Å². The largest absolute Gasteiger partial charge is 0.461 e. The predicted molar refractivity (Wildman–Crippen MR) is 91.3 cm³/mol. The number of carbonyl (C=O) groups is 1. The zero-order valence-electron chi connectivity index (χ0n) is 13.1. The summed E-state index contributed by atoms with van der Waals surface area (Å²) in [6.07, 6.45) is 6.53. The van der Waals surface area contributed by atoms with Gasteiger partial charge >= 0.3 is 5.97 Å². The molecule has 0 saturated heterocycles. The lowest BCUT2D eigenvalue weighted by atomic mass is 10.4. The number of esters is 1. The van der Waals surface area contributed by atoms with Crippen LogP contribution < -0.4 is 0 Å². The Hall–Kier alpha value is -0.450. The monoisotopic (exact) mass is 374 g/mol. The number of nitrogens with zero attached hydrogens (tertiary/aromatic N) is 2. The molecule has 0 radical (unpaired) electrons. The third-order valence-corrected chi connectivity index (χ3v) is 5.16. The van der Waals surface area contributed by atoms with Gasteiger partial charge in [-0.15, -0.1) is 0 Å². The Morgan fingerprint density at radius 2 is 2.05 bits per heavy atom. The number of carbonyl (C=O) groups excluding carboxylic acids is 1. The number of ether oxygens (including phenoxy) is 2. The summed E-state index contributed by atoms with van der Waals surface area (Å²) in [5.41, 5.74) is 0.0700. The number of hydrogen-bond donors (Lipinski definition) is 2. The minimum Gasteiger partial charge on any atom is -0.461 e. The Labute approximate surface area is 138 Å². The van der Waals surface area contributed by atoms with Crippen LogP contribution in [0.3, 0.4) is 0 Å². The Balaban J connectivity index is 2.82. The van der Waals surface area contributed by atoms with Crippen molar-refractivity contribution in [1.29, 1.82) is 0 Å². The van der Waals surface area contributed by atoms with Crippen molar-refractivity contribution >= 4 is 36.5 Å². The van der Waals surface area contributed by atoms with E-state index in [1.807, 2.05) is 0 Å². The second-order valence-electron chi connectivity index (χ2n) is 5.40. The predicted octanol–water partition coefficient (Wildman–Crippen LogP) is 2.99. The first-order valence-corrected chi connectivity index (χ1v) is 11.9. The van der Waals surface area contributed by atoms with E-state index < -0.39 is 25.8 Å². The van der Waals surface area contributed by atoms with Gasteiger partial charge in [-0.3, -0.25) is 9.11 Å². The second kappa shape index (κ2) is 7.89. The van der Waals surface area contributed by atoms with Crippen molar-refractivity contribution in [3.8, 4) is 0 Å². The average molecular weight is 375 g/mol. The molecule has 0 aliphatic rings. The molecule has 2 N–H and O–H groups in total. The van der Waals surface area contributed by atoms with Crippen LogP contribution in [0.1, 0.15) is 17.4 Å². The third-order valence-electron chi connectivity index (χ3n) is 2.56. The quantitative estimate of drug-likeness (QED) is 0.536. The van der Waals surface area contributed by atoms with E-state index in [1.54, 1.807) is 6.92 Å². The van der Waals surface area contributed by atoms with Crippen LogP contribution in [0, 0.1) is 0 Å². The lowest BCUT2D eigenvalue weighted by Crippen LogP contribution is -2.16. The topological polar surface area (TPSA) is 93.8 Å². The van der Waals surface area contributed by atoms with E-state index in [4.69, 9.17) is 20.2 Å². The summed E-state index contributed by atoms with van der Waals surface area (Å²) in [6, 6.07) is 1.21. The number of halogens is 1. The van der Waals surface area contributed by atoms with Crippen LogP contribution in [0.5, 0.6) is 0 Å². The van der Waals surface area contributed by atoms with E-state index in [0.29, 0.717) is 6.61 Å². The molecule has 0 saturated carbocycles. The summed E-state index contributed by atoms with van der Waals surface area (Å²) in [6.45, 7) is 2.41.